The molecule has 1 aromatic heterocycles. The highest BCUT2D eigenvalue weighted by atomic mass is 16.7. The molecule has 0 atom stereocenters. The van der Waals surface area contributed by atoms with Crippen molar-refractivity contribution in [1.82, 2.24) is 9.55 Å². The summed E-state index contributed by atoms with van der Waals surface area (Å²) in [6.07, 6.45) is -0.391. The summed E-state index contributed by atoms with van der Waals surface area (Å²) in [5, 5.41) is 0. The first-order valence-corrected chi connectivity index (χ1v) is 5.94. The van der Waals surface area contributed by atoms with E-state index in [9.17, 15) is 0 Å². The van der Waals surface area contributed by atoms with Gasteiger partial charge in [-0.1, -0.05) is 12.1 Å². The van der Waals surface area contributed by atoms with Crippen molar-refractivity contribution in [1.29, 1.82) is 0 Å². The summed E-state index contributed by atoms with van der Waals surface area (Å²) in [5.41, 5.74) is 2.01. The average molecular weight is 234 g/mol. The monoisotopic (exact) mass is 234 g/mol. The quantitative estimate of drug-likeness (QED) is 0.746. The van der Waals surface area contributed by atoms with Gasteiger partial charge in [-0.15, -0.1) is 0 Å². The molecule has 2 rings (SSSR count). The molecule has 0 fully saturated rings. The molecular formula is C13H18N2O2. The Hall–Kier alpha value is -1.39. The average Bonchev–Trinajstić information content (AvgIpc) is 2.64. The Balaban J connectivity index is 2.47. The van der Waals surface area contributed by atoms with E-state index in [-0.39, 0.29) is 0 Å². The molecule has 0 unspecified atom stereocenters. The van der Waals surface area contributed by atoms with Crippen LogP contribution in [0.5, 0.6) is 0 Å². The predicted molar refractivity (Wildman–Crippen MR) is 66.8 cm³/mol. The summed E-state index contributed by atoms with van der Waals surface area (Å²) in [4.78, 5) is 4.50. The Labute approximate surface area is 101 Å². The molecular weight excluding hydrogens is 216 g/mol. The lowest BCUT2D eigenvalue weighted by Crippen LogP contribution is -2.17. The second-order valence-corrected chi connectivity index (χ2v) is 3.74. The van der Waals surface area contributed by atoms with Crippen molar-refractivity contribution in [3.8, 4) is 0 Å². The van der Waals surface area contributed by atoms with Gasteiger partial charge in [0.15, 0.2) is 0 Å². The lowest BCUT2D eigenvalue weighted by molar-refractivity contribution is -0.184. The normalized spacial score (nSPS) is 11.5. The van der Waals surface area contributed by atoms with E-state index in [2.05, 4.69) is 4.98 Å². The zero-order chi connectivity index (χ0) is 12.3. The predicted octanol–water partition coefficient (Wildman–Crippen LogP) is 2.87. The van der Waals surface area contributed by atoms with Crippen LogP contribution in [0, 0.1) is 6.92 Å². The van der Waals surface area contributed by atoms with E-state index < -0.39 is 6.41 Å². The van der Waals surface area contributed by atoms with Gasteiger partial charge in [0.1, 0.15) is 5.82 Å². The fraction of sp³-hybridized carbons (Fsp3) is 0.462. The van der Waals surface area contributed by atoms with E-state index in [1.165, 1.54) is 0 Å². The number of nitrogens with zero attached hydrogens (tertiary/aromatic N) is 2. The van der Waals surface area contributed by atoms with Crippen LogP contribution in [0.3, 0.4) is 0 Å². The van der Waals surface area contributed by atoms with Gasteiger partial charge >= 0.3 is 0 Å². The maximum Gasteiger partial charge on any atom is 0.245 e. The number of fused-ring (bicyclic) bond motifs is 1. The molecule has 92 valence electrons. The largest absolute Gasteiger partial charge is 0.335 e. The smallest absolute Gasteiger partial charge is 0.245 e. The highest BCUT2D eigenvalue weighted by molar-refractivity contribution is 5.75. The van der Waals surface area contributed by atoms with Gasteiger partial charge in [0.2, 0.25) is 6.41 Å². The maximum atomic E-state index is 5.62. The van der Waals surface area contributed by atoms with Gasteiger partial charge in [0.05, 0.1) is 11.0 Å². The Morgan fingerprint density at radius 1 is 1.18 bits per heavy atom. The van der Waals surface area contributed by atoms with Gasteiger partial charge in [-0.3, -0.25) is 4.57 Å². The molecule has 4 nitrogen and oxygen atoms in total. The third-order valence-electron chi connectivity index (χ3n) is 2.60. The maximum absolute atomic E-state index is 5.62. The minimum absolute atomic E-state index is 0.391. The zero-order valence-electron chi connectivity index (χ0n) is 10.5. The van der Waals surface area contributed by atoms with Crippen LogP contribution in [0.15, 0.2) is 24.3 Å². The van der Waals surface area contributed by atoms with E-state index in [0.29, 0.717) is 13.2 Å². The van der Waals surface area contributed by atoms with Crippen molar-refractivity contribution in [3.05, 3.63) is 30.1 Å². The number of rotatable bonds is 5. The van der Waals surface area contributed by atoms with Gasteiger partial charge in [0.25, 0.3) is 0 Å². The Bertz CT molecular complexity index is 487. The number of imidazole rings is 1. The topological polar surface area (TPSA) is 36.3 Å². The molecule has 0 aliphatic carbocycles. The third kappa shape index (κ3) is 2.33. The van der Waals surface area contributed by atoms with E-state index in [4.69, 9.17) is 9.47 Å². The van der Waals surface area contributed by atoms with Crippen molar-refractivity contribution in [2.45, 2.75) is 27.2 Å². The number of ether oxygens (including phenoxy) is 2. The number of aryl methyl sites for hydroxylation is 1. The standard InChI is InChI=1S/C13H18N2O2/c1-4-16-13(17-5-2)15-10(3)14-11-8-6-7-9-12(11)15/h6-9,13H,4-5H2,1-3H3. The molecule has 0 amide bonds. The number of aromatic nitrogens is 2. The molecule has 0 saturated carbocycles. The van der Waals surface area contributed by atoms with E-state index >= 15 is 0 Å². The molecule has 0 saturated heterocycles. The molecule has 2 aromatic rings. The Morgan fingerprint density at radius 2 is 1.82 bits per heavy atom. The van der Waals surface area contributed by atoms with Crippen molar-refractivity contribution in [2.75, 3.05) is 13.2 Å². The van der Waals surface area contributed by atoms with E-state index in [1.54, 1.807) is 0 Å². The summed E-state index contributed by atoms with van der Waals surface area (Å²) in [5.74, 6) is 0.901. The number of benzene rings is 1. The van der Waals surface area contributed by atoms with Crippen LogP contribution in [0.25, 0.3) is 11.0 Å². The molecule has 1 heterocycles. The highest BCUT2D eigenvalue weighted by Gasteiger charge is 2.16. The second kappa shape index (κ2) is 5.29. The third-order valence-corrected chi connectivity index (χ3v) is 2.60. The Kier molecular flexibility index (Phi) is 3.76. The van der Waals surface area contributed by atoms with Crippen molar-refractivity contribution in [2.24, 2.45) is 0 Å². The van der Waals surface area contributed by atoms with Crippen LogP contribution in [-0.4, -0.2) is 22.8 Å². The van der Waals surface area contributed by atoms with Gasteiger partial charge in [-0.25, -0.2) is 4.98 Å². The van der Waals surface area contributed by atoms with Gasteiger partial charge in [-0.05, 0) is 32.9 Å². The van der Waals surface area contributed by atoms with Crippen molar-refractivity contribution in [3.63, 3.8) is 0 Å². The number of hydrogen-bond donors (Lipinski definition) is 0. The molecule has 4 heteroatoms. The lowest BCUT2D eigenvalue weighted by atomic mass is 10.3. The van der Waals surface area contributed by atoms with Gasteiger partial charge < -0.3 is 9.47 Å². The molecule has 17 heavy (non-hydrogen) atoms. The van der Waals surface area contributed by atoms with Gasteiger partial charge in [-0.2, -0.15) is 0 Å². The van der Waals surface area contributed by atoms with Crippen LogP contribution >= 0.6 is 0 Å². The lowest BCUT2D eigenvalue weighted by Gasteiger charge is -2.20. The molecule has 0 aliphatic heterocycles. The molecule has 0 radical (unpaired) electrons. The highest BCUT2D eigenvalue weighted by Crippen LogP contribution is 2.22. The van der Waals surface area contributed by atoms with Crippen LogP contribution in [-0.2, 0) is 9.47 Å². The summed E-state index contributed by atoms with van der Waals surface area (Å²) < 4.78 is 13.2. The summed E-state index contributed by atoms with van der Waals surface area (Å²) in [6.45, 7) is 7.10. The van der Waals surface area contributed by atoms with Crippen LogP contribution in [0.4, 0.5) is 0 Å². The minimum atomic E-state index is -0.391. The van der Waals surface area contributed by atoms with Crippen LogP contribution in [0.1, 0.15) is 26.1 Å². The first kappa shape index (κ1) is 12.1. The molecule has 0 bridgehead atoms. The second-order valence-electron chi connectivity index (χ2n) is 3.74. The summed E-state index contributed by atoms with van der Waals surface area (Å²) >= 11 is 0. The first-order chi connectivity index (χ1) is 8.27. The molecule has 0 aliphatic rings. The number of para-hydroxylation sites is 2. The zero-order valence-corrected chi connectivity index (χ0v) is 10.5. The summed E-state index contributed by atoms with van der Waals surface area (Å²) in [6, 6.07) is 8.00. The van der Waals surface area contributed by atoms with Crippen LogP contribution in [0.2, 0.25) is 0 Å². The van der Waals surface area contributed by atoms with Crippen LogP contribution < -0.4 is 0 Å². The van der Waals surface area contributed by atoms with Crippen molar-refractivity contribution < 1.29 is 9.47 Å². The van der Waals surface area contributed by atoms with Gasteiger partial charge in [0, 0.05) is 13.2 Å². The van der Waals surface area contributed by atoms with E-state index in [0.717, 1.165) is 16.9 Å². The number of hydrogen-bond acceptors (Lipinski definition) is 3. The van der Waals surface area contributed by atoms with E-state index in [1.807, 2.05) is 49.6 Å². The fourth-order valence-electron chi connectivity index (χ4n) is 1.91. The molecule has 0 spiro atoms. The fourth-order valence-corrected chi connectivity index (χ4v) is 1.91. The molecule has 0 N–H and O–H groups in total. The first-order valence-electron chi connectivity index (χ1n) is 5.94. The Morgan fingerprint density at radius 3 is 2.47 bits per heavy atom. The minimum Gasteiger partial charge on any atom is -0.335 e. The summed E-state index contributed by atoms with van der Waals surface area (Å²) in [7, 11) is 0. The SMILES string of the molecule is CCOC(OCC)n1c(C)nc2ccccc21. The molecule has 1 aromatic carbocycles. The van der Waals surface area contributed by atoms with Crippen molar-refractivity contribution >= 4 is 11.0 Å².